The molecule has 4 rings (SSSR count). The molecule has 1 saturated heterocycles. The lowest BCUT2D eigenvalue weighted by atomic mass is 9.95. The van der Waals surface area contributed by atoms with Crippen LogP contribution in [0.25, 0.3) is 16.2 Å². The molecule has 0 spiro atoms. The molecule has 0 atom stereocenters. The monoisotopic (exact) mass is 398 g/mol. The number of aryl methyl sites for hydroxylation is 3. The van der Waals surface area contributed by atoms with Crippen molar-refractivity contribution in [2.24, 2.45) is 0 Å². The smallest absolute Gasteiger partial charge is 0.158 e. The largest absolute Gasteiger partial charge is 0.381 e. The van der Waals surface area contributed by atoms with Crippen molar-refractivity contribution in [1.29, 1.82) is 0 Å². The zero-order valence-electron chi connectivity index (χ0n) is 17.6. The van der Waals surface area contributed by atoms with E-state index < -0.39 is 0 Å². The number of thiazole rings is 1. The minimum absolute atomic E-state index is 0.513. The standard InChI is InChI=1S/C22H30N4OS/c1-6-16(7-2)18-12-13(3)25-26-19(14(4)23-21(18)26)20-15(5)24-22(28-20)17-8-10-27-11-9-17/h12,16-17H,6-11H2,1-5H3. The van der Waals surface area contributed by atoms with Gasteiger partial charge in [0, 0.05) is 24.7 Å². The van der Waals surface area contributed by atoms with Crippen LogP contribution in [-0.4, -0.2) is 32.8 Å². The van der Waals surface area contributed by atoms with E-state index in [4.69, 9.17) is 19.8 Å². The van der Waals surface area contributed by atoms with E-state index in [1.807, 2.05) is 11.3 Å². The molecule has 5 nitrogen and oxygen atoms in total. The van der Waals surface area contributed by atoms with Crippen LogP contribution in [0.15, 0.2) is 6.07 Å². The molecule has 0 saturated carbocycles. The maximum atomic E-state index is 5.53. The third-order valence-corrected chi connectivity index (χ3v) is 7.26. The Kier molecular flexibility index (Phi) is 5.52. The molecule has 0 aliphatic carbocycles. The van der Waals surface area contributed by atoms with Crippen molar-refractivity contribution in [2.75, 3.05) is 13.2 Å². The van der Waals surface area contributed by atoms with E-state index in [1.165, 1.54) is 15.4 Å². The molecule has 28 heavy (non-hydrogen) atoms. The number of nitrogens with zero attached hydrogens (tertiary/aromatic N) is 4. The Bertz CT molecular complexity index is 980. The van der Waals surface area contributed by atoms with Gasteiger partial charge in [-0.1, -0.05) is 13.8 Å². The minimum atomic E-state index is 0.513. The fourth-order valence-corrected chi connectivity index (χ4v) is 5.64. The van der Waals surface area contributed by atoms with E-state index in [0.717, 1.165) is 67.3 Å². The molecule has 3 aromatic rings. The van der Waals surface area contributed by atoms with Crippen LogP contribution in [0, 0.1) is 20.8 Å². The summed E-state index contributed by atoms with van der Waals surface area (Å²) >= 11 is 1.82. The predicted molar refractivity (Wildman–Crippen MR) is 114 cm³/mol. The van der Waals surface area contributed by atoms with Crippen molar-refractivity contribution in [2.45, 2.75) is 72.1 Å². The van der Waals surface area contributed by atoms with Crippen LogP contribution in [-0.2, 0) is 4.74 Å². The lowest BCUT2D eigenvalue weighted by Gasteiger charge is -2.19. The van der Waals surface area contributed by atoms with Gasteiger partial charge in [-0.25, -0.2) is 14.5 Å². The average molecular weight is 399 g/mol. The first-order chi connectivity index (χ1) is 13.5. The molecule has 1 aliphatic heterocycles. The summed E-state index contributed by atoms with van der Waals surface area (Å²) in [6, 6.07) is 2.22. The summed E-state index contributed by atoms with van der Waals surface area (Å²) in [6.45, 7) is 12.5. The minimum Gasteiger partial charge on any atom is -0.381 e. The van der Waals surface area contributed by atoms with Gasteiger partial charge in [0.2, 0.25) is 0 Å². The third-order valence-electron chi connectivity index (χ3n) is 5.93. The van der Waals surface area contributed by atoms with Gasteiger partial charge in [0.15, 0.2) is 5.65 Å². The Hall–Kier alpha value is -1.79. The second-order valence-electron chi connectivity index (χ2n) is 7.89. The van der Waals surface area contributed by atoms with Crippen LogP contribution in [0.5, 0.6) is 0 Å². The summed E-state index contributed by atoms with van der Waals surface area (Å²) in [4.78, 5) is 11.1. The van der Waals surface area contributed by atoms with Crippen LogP contribution in [0.2, 0.25) is 0 Å². The molecule has 1 fully saturated rings. The molecule has 150 valence electrons. The topological polar surface area (TPSA) is 52.3 Å². The van der Waals surface area contributed by atoms with E-state index >= 15 is 0 Å². The van der Waals surface area contributed by atoms with Gasteiger partial charge < -0.3 is 4.74 Å². The van der Waals surface area contributed by atoms with E-state index in [0.29, 0.717) is 11.8 Å². The lowest BCUT2D eigenvalue weighted by molar-refractivity contribution is 0.0852. The molecular weight excluding hydrogens is 368 g/mol. The lowest BCUT2D eigenvalue weighted by Crippen LogP contribution is -2.13. The molecule has 0 amide bonds. The number of aromatic nitrogens is 4. The van der Waals surface area contributed by atoms with Crippen LogP contribution >= 0.6 is 11.3 Å². The van der Waals surface area contributed by atoms with E-state index in [9.17, 15) is 0 Å². The molecule has 1 aliphatic rings. The highest BCUT2D eigenvalue weighted by Crippen LogP contribution is 2.39. The highest BCUT2D eigenvalue weighted by molar-refractivity contribution is 7.15. The van der Waals surface area contributed by atoms with Crippen LogP contribution in [0.4, 0.5) is 0 Å². The quantitative estimate of drug-likeness (QED) is 0.563. The number of hydrogen-bond donors (Lipinski definition) is 0. The van der Waals surface area contributed by atoms with Crippen molar-refractivity contribution in [3.8, 4) is 10.6 Å². The molecule has 0 N–H and O–H groups in total. The Morgan fingerprint density at radius 3 is 2.50 bits per heavy atom. The van der Waals surface area contributed by atoms with E-state index in [1.54, 1.807) is 0 Å². The molecule has 0 unspecified atom stereocenters. The van der Waals surface area contributed by atoms with Gasteiger partial charge in [-0.05, 0) is 58.4 Å². The van der Waals surface area contributed by atoms with Crippen molar-refractivity contribution < 1.29 is 4.74 Å². The van der Waals surface area contributed by atoms with Gasteiger partial charge in [-0.3, -0.25) is 0 Å². The molecule has 3 aromatic heterocycles. The Labute approximate surface area is 171 Å². The number of imidazole rings is 1. The zero-order chi connectivity index (χ0) is 19.8. The SMILES string of the molecule is CCC(CC)c1cc(C)nn2c(-c3sc(C4CCOCC4)nc3C)c(C)nc12. The van der Waals surface area contributed by atoms with Crippen molar-refractivity contribution in [1.82, 2.24) is 19.6 Å². The molecule has 0 radical (unpaired) electrons. The zero-order valence-corrected chi connectivity index (χ0v) is 18.4. The molecular formula is C22H30N4OS. The molecule has 6 heteroatoms. The first-order valence-corrected chi connectivity index (χ1v) is 11.3. The first-order valence-electron chi connectivity index (χ1n) is 10.5. The van der Waals surface area contributed by atoms with Crippen molar-refractivity contribution in [3.05, 3.63) is 33.7 Å². The van der Waals surface area contributed by atoms with Crippen molar-refractivity contribution in [3.63, 3.8) is 0 Å². The average Bonchev–Trinajstić information content (AvgIpc) is 3.22. The van der Waals surface area contributed by atoms with E-state index in [2.05, 4.69) is 45.2 Å². The maximum Gasteiger partial charge on any atom is 0.158 e. The van der Waals surface area contributed by atoms with E-state index in [-0.39, 0.29) is 0 Å². The first kappa shape index (κ1) is 19.5. The van der Waals surface area contributed by atoms with Gasteiger partial charge in [0.05, 0.1) is 27.0 Å². The predicted octanol–water partition coefficient (Wildman–Crippen LogP) is 5.58. The Morgan fingerprint density at radius 2 is 1.82 bits per heavy atom. The van der Waals surface area contributed by atoms with Crippen LogP contribution in [0.3, 0.4) is 0 Å². The number of fused-ring (bicyclic) bond motifs is 1. The highest BCUT2D eigenvalue weighted by atomic mass is 32.1. The second-order valence-corrected chi connectivity index (χ2v) is 8.92. The van der Waals surface area contributed by atoms with Crippen molar-refractivity contribution >= 4 is 17.0 Å². The fraction of sp³-hybridized carbons (Fsp3) is 0.591. The summed E-state index contributed by atoms with van der Waals surface area (Å²) in [5, 5.41) is 6.09. The van der Waals surface area contributed by atoms with Gasteiger partial charge in [0.25, 0.3) is 0 Å². The van der Waals surface area contributed by atoms with Crippen LogP contribution in [0.1, 0.15) is 79.0 Å². The van der Waals surface area contributed by atoms with Gasteiger partial charge >= 0.3 is 0 Å². The molecule has 0 bridgehead atoms. The highest BCUT2D eigenvalue weighted by Gasteiger charge is 2.25. The summed E-state index contributed by atoms with van der Waals surface area (Å²) in [7, 11) is 0. The van der Waals surface area contributed by atoms with Gasteiger partial charge in [-0.15, -0.1) is 11.3 Å². The Morgan fingerprint density at radius 1 is 1.11 bits per heavy atom. The van der Waals surface area contributed by atoms with Crippen LogP contribution < -0.4 is 0 Å². The Balaban J connectivity index is 1.85. The summed E-state index contributed by atoms with van der Waals surface area (Å²) in [5.74, 6) is 1.03. The van der Waals surface area contributed by atoms with Gasteiger partial charge in [0.1, 0.15) is 5.69 Å². The third kappa shape index (κ3) is 3.37. The summed E-state index contributed by atoms with van der Waals surface area (Å²) in [6.07, 6.45) is 4.36. The normalized spacial score (nSPS) is 15.8. The maximum absolute atomic E-state index is 5.53. The van der Waals surface area contributed by atoms with Gasteiger partial charge in [-0.2, -0.15) is 5.10 Å². The summed E-state index contributed by atoms with van der Waals surface area (Å²) in [5.41, 5.74) is 6.60. The second kappa shape index (κ2) is 7.91. The fourth-order valence-electron chi connectivity index (χ4n) is 4.32. The molecule has 4 heterocycles. The summed E-state index contributed by atoms with van der Waals surface area (Å²) < 4.78 is 7.61. The number of ether oxygens (including phenoxy) is 1. The number of hydrogen-bond acceptors (Lipinski definition) is 5. The molecule has 0 aromatic carbocycles. The number of rotatable bonds is 5.